The molecule has 51 heavy (non-hydrogen) atoms. The maximum atomic E-state index is 14.4. The molecule has 0 bridgehead atoms. The minimum Gasteiger partial charge on any atom is -0.530 e. The third kappa shape index (κ3) is 9.83. The van der Waals surface area contributed by atoms with Gasteiger partial charge in [0.15, 0.2) is 17.8 Å². The van der Waals surface area contributed by atoms with Crippen molar-refractivity contribution < 1.29 is 51.9 Å². The van der Waals surface area contributed by atoms with E-state index in [9.17, 15) is 28.2 Å². The number of nitrogens with zero attached hydrogens (tertiary/aromatic N) is 2. The Morgan fingerprint density at radius 1 is 1.10 bits per heavy atom. The molecule has 282 valence electrons. The number of rotatable bonds is 18. The van der Waals surface area contributed by atoms with Crippen LogP contribution in [-0.4, -0.2) is 106 Å². The number of ether oxygens (including phenoxy) is 5. The van der Waals surface area contributed by atoms with E-state index in [0.29, 0.717) is 50.3 Å². The number of sulfonamides is 1. The molecule has 3 aliphatic rings. The number of aliphatic hydroxyl groups excluding tert-OH is 1. The molecule has 0 saturated carbocycles. The number of aliphatic hydroxyl groups is 1. The number of benzene rings is 2. The highest BCUT2D eigenvalue weighted by Gasteiger charge is 2.47. The fourth-order valence-corrected chi connectivity index (χ4v) is 8.65. The van der Waals surface area contributed by atoms with E-state index in [4.69, 9.17) is 23.7 Å². The number of carbonyl (C=O) groups excluding carboxylic acids is 2. The van der Waals surface area contributed by atoms with Crippen LogP contribution in [0.5, 0.6) is 11.5 Å². The van der Waals surface area contributed by atoms with Crippen molar-refractivity contribution in [3.8, 4) is 11.5 Å². The molecule has 2 amide bonds. The van der Waals surface area contributed by atoms with Crippen molar-refractivity contribution in [2.75, 3.05) is 46.2 Å². The first-order valence-electron chi connectivity index (χ1n) is 17.6. The Balaban J connectivity index is 1.40. The standard InChI is InChI=1S/C36H51N3O11S/c1-4-16-37-34(41)47-17-9-8-15-36(2,3)23-38(51(44,45)26-12-13-31-32(20-26)50-24-49-31)21-30(40)28(19-25-10-6-5-7-11-25)39(35(42)43)29-22-48-33-27(29)14-18-46-33/h5-7,10-13,20,27-30,33,40H,4,8-9,14-19,21-24H2,1-3H3,(H,37,41)(H,42,43)/p-1/t27-,28-,29-,30+,33+/m0/s1. The Bertz CT molecular complexity index is 1580. The number of nitrogens with one attached hydrogen (secondary N) is 1. The fraction of sp³-hybridized carbons (Fsp3) is 0.611. The Morgan fingerprint density at radius 2 is 1.86 bits per heavy atom. The number of alkyl carbamates (subject to hydrolysis) is 1. The topological polar surface area (TPSA) is 176 Å². The van der Waals surface area contributed by atoms with Crippen LogP contribution >= 0.6 is 0 Å². The summed E-state index contributed by atoms with van der Waals surface area (Å²) in [4.78, 5) is 25.8. The van der Waals surface area contributed by atoms with Gasteiger partial charge in [-0.2, -0.15) is 4.31 Å². The summed E-state index contributed by atoms with van der Waals surface area (Å²) in [6.07, 6.45) is -0.659. The van der Waals surface area contributed by atoms with Crippen LogP contribution in [0.25, 0.3) is 0 Å². The normalized spacial score (nSPS) is 20.9. The second kappa shape index (κ2) is 17.3. The number of amides is 2. The van der Waals surface area contributed by atoms with Crippen molar-refractivity contribution >= 4 is 22.2 Å². The maximum Gasteiger partial charge on any atom is 0.407 e. The summed E-state index contributed by atoms with van der Waals surface area (Å²) in [5.74, 6) is 0.466. The number of carboxylic acid groups (broad SMARTS) is 1. The van der Waals surface area contributed by atoms with Crippen LogP contribution in [0.15, 0.2) is 53.4 Å². The van der Waals surface area contributed by atoms with Crippen molar-refractivity contribution in [1.29, 1.82) is 0 Å². The van der Waals surface area contributed by atoms with E-state index in [1.54, 1.807) is 0 Å². The Labute approximate surface area is 300 Å². The van der Waals surface area contributed by atoms with Crippen molar-refractivity contribution in [1.82, 2.24) is 14.5 Å². The lowest BCUT2D eigenvalue weighted by molar-refractivity contribution is -0.273. The average Bonchev–Trinajstić information content (AvgIpc) is 3.85. The molecule has 2 aromatic carbocycles. The molecule has 0 aromatic heterocycles. The fourth-order valence-electron chi connectivity index (χ4n) is 6.99. The Hall–Kier alpha value is -3.63. The van der Waals surface area contributed by atoms with E-state index in [1.807, 2.05) is 51.1 Å². The smallest absolute Gasteiger partial charge is 0.407 e. The predicted molar refractivity (Wildman–Crippen MR) is 183 cm³/mol. The molecule has 3 heterocycles. The molecule has 15 heteroatoms. The average molecular weight is 733 g/mol. The van der Waals surface area contributed by atoms with E-state index in [-0.39, 0.29) is 43.8 Å². The minimum absolute atomic E-state index is 0.00708. The summed E-state index contributed by atoms with van der Waals surface area (Å²) in [5, 5.41) is 27.7. The zero-order valence-electron chi connectivity index (χ0n) is 29.5. The second-order valence-corrected chi connectivity index (χ2v) is 16.0. The molecule has 2 aromatic rings. The van der Waals surface area contributed by atoms with Gasteiger partial charge in [-0.25, -0.2) is 13.2 Å². The summed E-state index contributed by atoms with van der Waals surface area (Å²) in [6, 6.07) is 11.8. The first-order valence-corrected chi connectivity index (χ1v) is 19.1. The quantitative estimate of drug-likeness (QED) is 0.216. The lowest BCUT2D eigenvalue weighted by Crippen LogP contribution is -2.61. The van der Waals surface area contributed by atoms with Crippen molar-refractivity contribution in [2.45, 2.75) is 88.7 Å². The monoisotopic (exact) mass is 732 g/mol. The molecule has 2 fully saturated rings. The van der Waals surface area contributed by atoms with Gasteiger partial charge in [-0.3, -0.25) is 0 Å². The van der Waals surface area contributed by atoms with Crippen LogP contribution in [-0.2, 0) is 30.7 Å². The van der Waals surface area contributed by atoms with Gasteiger partial charge in [-0.15, -0.1) is 0 Å². The zero-order valence-corrected chi connectivity index (χ0v) is 30.3. The van der Waals surface area contributed by atoms with E-state index in [2.05, 4.69) is 5.32 Å². The van der Waals surface area contributed by atoms with Gasteiger partial charge >= 0.3 is 6.09 Å². The van der Waals surface area contributed by atoms with E-state index in [1.165, 1.54) is 22.5 Å². The SMILES string of the molecule is CCCNC(=O)OCCCCC(C)(C)CN(C[C@@H](O)[C@H](Cc1ccccc1)N(C(=O)[O-])[C@H]1CO[C@H]2OCC[C@H]21)S(=O)(=O)c1ccc2c(c1)OCO2. The number of unbranched alkanes of at least 4 members (excludes halogenated alkanes) is 1. The van der Waals surface area contributed by atoms with Crippen LogP contribution in [0.3, 0.4) is 0 Å². The molecule has 0 radical (unpaired) electrons. The Kier molecular flexibility index (Phi) is 13.1. The van der Waals surface area contributed by atoms with Gasteiger partial charge in [-0.05, 0) is 61.6 Å². The number of carbonyl (C=O) groups is 2. The van der Waals surface area contributed by atoms with E-state index < -0.39 is 58.6 Å². The summed E-state index contributed by atoms with van der Waals surface area (Å²) >= 11 is 0. The van der Waals surface area contributed by atoms with Gasteiger partial charge in [0.1, 0.15) is 6.09 Å². The molecule has 5 atom stereocenters. The molecule has 14 nitrogen and oxygen atoms in total. The molecule has 5 rings (SSSR count). The van der Waals surface area contributed by atoms with Gasteiger partial charge in [-0.1, -0.05) is 51.1 Å². The molecule has 2 N–H and O–H groups in total. The summed E-state index contributed by atoms with van der Waals surface area (Å²) < 4.78 is 57.7. The van der Waals surface area contributed by atoms with Crippen molar-refractivity contribution in [3.63, 3.8) is 0 Å². The van der Waals surface area contributed by atoms with Crippen LogP contribution in [0.1, 0.15) is 58.4 Å². The minimum atomic E-state index is -4.26. The molecule has 0 spiro atoms. The first-order chi connectivity index (χ1) is 24.4. The Morgan fingerprint density at radius 3 is 2.61 bits per heavy atom. The van der Waals surface area contributed by atoms with Gasteiger partial charge in [0.25, 0.3) is 0 Å². The van der Waals surface area contributed by atoms with Gasteiger partial charge in [0.05, 0.1) is 42.9 Å². The summed E-state index contributed by atoms with van der Waals surface area (Å²) in [5.41, 5.74) is 0.173. The van der Waals surface area contributed by atoms with Gasteiger partial charge < -0.3 is 48.9 Å². The van der Waals surface area contributed by atoms with E-state index >= 15 is 0 Å². The van der Waals surface area contributed by atoms with Crippen molar-refractivity contribution in [2.24, 2.45) is 11.3 Å². The molecule has 0 aliphatic carbocycles. The lowest BCUT2D eigenvalue weighted by atomic mass is 9.87. The van der Waals surface area contributed by atoms with Crippen LogP contribution in [0.4, 0.5) is 9.59 Å². The van der Waals surface area contributed by atoms with Crippen molar-refractivity contribution in [3.05, 3.63) is 54.1 Å². The second-order valence-electron chi connectivity index (χ2n) is 14.1. The summed E-state index contributed by atoms with van der Waals surface area (Å²) in [6.45, 7) is 6.63. The number of hydrogen-bond donors (Lipinski definition) is 2. The highest BCUT2D eigenvalue weighted by Crippen LogP contribution is 2.38. The molecular weight excluding hydrogens is 682 g/mol. The van der Waals surface area contributed by atoms with Gasteiger partial charge in [0, 0.05) is 31.6 Å². The zero-order chi connectivity index (χ0) is 36.6. The molecular formula is C36H50N3O11S-. The molecule has 0 unspecified atom stereocenters. The largest absolute Gasteiger partial charge is 0.530 e. The third-order valence-electron chi connectivity index (χ3n) is 9.64. The number of hydrogen-bond acceptors (Lipinski definition) is 11. The predicted octanol–water partition coefficient (Wildman–Crippen LogP) is 3.12. The van der Waals surface area contributed by atoms with E-state index in [0.717, 1.165) is 16.9 Å². The number of fused-ring (bicyclic) bond motifs is 2. The maximum absolute atomic E-state index is 14.4. The van der Waals surface area contributed by atoms with Crippen LogP contribution in [0.2, 0.25) is 0 Å². The highest BCUT2D eigenvalue weighted by atomic mass is 32.2. The third-order valence-corrected chi connectivity index (χ3v) is 11.5. The van der Waals surface area contributed by atoms with Crippen LogP contribution < -0.4 is 19.9 Å². The van der Waals surface area contributed by atoms with Gasteiger partial charge in [0.2, 0.25) is 16.8 Å². The lowest BCUT2D eigenvalue weighted by Gasteiger charge is -2.43. The highest BCUT2D eigenvalue weighted by molar-refractivity contribution is 7.89. The first kappa shape index (κ1) is 38.6. The summed E-state index contributed by atoms with van der Waals surface area (Å²) in [7, 11) is -4.26. The molecule has 3 aliphatic heterocycles. The van der Waals surface area contributed by atoms with Crippen LogP contribution in [0, 0.1) is 11.3 Å². The molecule has 2 saturated heterocycles.